The summed E-state index contributed by atoms with van der Waals surface area (Å²) in [5, 5.41) is 0. The van der Waals surface area contributed by atoms with Gasteiger partial charge >= 0.3 is 5.97 Å². The van der Waals surface area contributed by atoms with Crippen molar-refractivity contribution in [3.63, 3.8) is 0 Å². The molecule has 0 aromatic carbocycles. The zero-order valence-corrected chi connectivity index (χ0v) is 29.6. The molecule has 0 N–H and O–H groups in total. The quantitative estimate of drug-likeness (QED) is 0.0329. The van der Waals surface area contributed by atoms with Crippen LogP contribution in [0.4, 0.5) is 0 Å². The smallest absolute Gasteiger partial charge is 0.331 e. The van der Waals surface area contributed by atoms with Gasteiger partial charge in [-0.25, -0.2) is 4.79 Å². The molecule has 0 saturated carbocycles. The van der Waals surface area contributed by atoms with Crippen molar-refractivity contribution >= 4 is 5.97 Å². The first-order chi connectivity index (χ1) is 20.5. The van der Waals surface area contributed by atoms with Crippen molar-refractivity contribution in [2.24, 2.45) is 0 Å². The third-order valence-corrected chi connectivity index (χ3v) is 9.34. The van der Waals surface area contributed by atoms with Crippen LogP contribution < -0.4 is 0 Å². The Balaban J connectivity index is 4.13. The van der Waals surface area contributed by atoms with Crippen LogP contribution in [0.3, 0.4) is 0 Å². The summed E-state index contributed by atoms with van der Waals surface area (Å²) in [5.74, 6) is -0.311. The minimum Gasteiger partial charge on any atom is -0.443 e. The van der Waals surface area contributed by atoms with Gasteiger partial charge in [-0.3, -0.25) is 4.90 Å². The Morgan fingerprint density at radius 2 is 0.786 bits per heavy atom. The van der Waals surface area contributed by atoms with Crippen LogP contribution in [-0.2, 0) is 9.53 Å². The van der Waals surface area contributed by atoms with E-state index in [0.29, 0.717) is 12.1 Å². The summed E-state index contributed by atoms with van der Waals surface area (Å²) in [6.45, 7) is 14.9. The van der Waals surface area contributed by atoms with Crippen LogP contribution >= 0.6 is 0 Å². The van der Waals surface area contributed by atoms with Gasteiger partial charge in [-0.1, -0.05) is 187 Å². The molecule has 3 heteroatoms. The Labute approximate surface area is 265 Å². The lowest BCUT2D eigenvalue weighted by Gasteiger charge is -2.38. The fourth-order valence-electron chi connectivity index (χ4n) is 6.64. The van der Waals surface area contributed by atoms with Crippen molar-refractivity contribution in [2.45, 2.75) is 233 Å². The van der Waals surface area contributed by atoms with E-state index in [4.69, 9.17) is 4.74 Å². The number of esters is 1. The molecule has 0 fully saturated rings. The van der Waals surface area contributed by atoms with E-state index in [1.165, 1.54) is 186 Å². The first-order valence-electron chi connectivity index (χ1n) is 19.1. The van der Waals surface area contributed by atoms with E-state index in [0.717, 1.165) is 0 Å². The largest absolute Gasteiger partial charge is 0.443 e. The number of rotatable bonds is 33. The second-order valence-electron chi connectivity index (χ2n) is 13.4. The van der Waals surface area contributed by atoms with Crippen molar-refractivity contribution < 1.29 is 9.53 Å². The molecule has 3 atom stereocenters. The lowest BCUT2D eigenvalue weighted by Crippen LogP contribution is -2.47. The minimum absolute atomic E-state index is 0.204. The second-order valence-corrected chi connectivity index (χ2v) is 13.4. The van der Waals surface area contributed by atoms with Gasteiger partial charge < -0.3 is 4.74 Å². The topological polar surface area (TPSA) is 29.5 Å². The van der Waals surface area contributed by atoms with Gasteiger partial charge in [0.05, 0.1) is 0 Å². The predicted octanol–water partition coefficient (Wildman–Crippen LogP) is 13.1. The Morgan fingerprint density at radius 3 is 1.05 bits per heavy atom. The molecule has 0 aromatic heterocycles. The molecule has 0 amide bonds. The van der Waals surface area contributed by atoms with Crippen LogP contribution in [0.1, 0.15) is 214 Å². The first-order valence-corrected chi connectivity index (χ1v) is 19.1. The molecule has 0 bridgehead atoms. The molecule has 0 spiro atoms. The van der Waals surface area contributed by atoms with Crippen molar-refractivity contribution in [1.29, 1.82) is 0 Å². The molecule has 0 aromatic rings. The molecule has 0 saturated heterocycles. The predicted molar refractivity (Wildman–Crippen MR) is 187 cm³/mol. The second kappa shape index (κ2) is 31.6. The van der Waals surface area contributed by atoms with Crippen LogP contribution in [-0.4, -0.2) is 29.2 Å². The molecular formula is C39H77NO2. The number of hydrogen-bond donors (Lipinski definition) is 0. The summed E-state index contributed by atoms with van der Waals surface area (Å²) < 4.78 is 5.71. The maximum atomic E-state index is 12.0. The summed E-state index contributed by atoms with van der Waals surface area (Å²) in [7, 11) is 0. The molecule has 0 aliphatic rings. The summed E-state index contributed by atoms with van der Waals surface area (Å²) in [4.78, 5) is 14.4. The first kappa shape index (κ1) is 41.2. The van der Waals surface area contributed by atoms with Gasteiger partial charge in [-0.15, -0.1) is 0 Å². The van der Waals surface area contributed by atoms with E-state index >= 15 is 0 Å². The Kier molecular flexibility index (Phi) is 31.0. The number of unbranched alkanes of at least 4 members (excludes halogenated alkanes) is 24. The standard InChI is InChI=1S/C39H77NO2/c1-7-10-12-14-16-18-20-22-24-26-28-30-32-34-36(4)40(38(6)42-39(41)9-3)37(5)35-33-31-29-27-25-23-21-19-17-15-13-11-8-2/h9,36-38H,3,7-8,10-35H2,1-2,4-6H3. The summed E-state index contributed by atoms with van der Waals surface area (Å²) >= 11 is 0. The summed E-state index contributed by atoms with van der Waals surface area (Å²) in [6.07, 6.45) is 39.6. The number of carbonyl (C=O) groups excluding carboxylic acids is 1. The monoisotopic (exact) mass is 592 g/mol. The summed E-state index contributed by atoms with van der Waals surface area (Å²) in [6, 6.07) is 0.838. The highest BCUT2D eigenvalue weighted by Crippen LogP contribution is 2.22. The van der Waals surface area contributed by atoms with Crippen LogP contribution in [0.5, 0.6) is 0 Å². The molecule has 250 valence electrons. The third-order valence-electron chi connectivity index (χ3n) is 9.34. The van der Waals surface area contributed by atoms with E-state index < -0.39 is 0 Å². The summed E-state index contributed by atoms with van der Waals surface area (Å²) in [5.41, 5.74) is 0. The molecule has 3 unspecified atom stereocenters. The minimum atomic E-state index is -0.311. The SMILES string of the molecule is C=CC(=O)OC(C)N(C(C)CCCCCCCCCCCCCCC)C(C)CCCCCCCCCCCCCCC. The van der Waals surface area contributed by atoms with Crippen molar-refractivity contribution in [3.8, 4) is 0 Å². The molecule has 0 radical (unpaired) electrons. The fraction of sp³-hybridized carbons (Fsp3) is 0.923. The van der Waals surface area contributed by atoms with E-state index in [1.54, 1.807) is 0 Å². The van der Waals surface area contributed by atoms with E-state index in [9.17, 15) is 4.79 Å². The van der Waals surface area contributed by atoms with Gasteiger partial charge in [0.15, 0.2) is 6.23 Å². The molecule has 0 aliphatic heterocycles. The average Bonchev–Trinajstić information content (AvgIpc) is 2.97. The average molecular weight is 592 g/mol. The number of ether oxygens (including phenoxy) is 1. The van der Waals surface area contributed by atoms with Crippen LogP contribution in [0.25, 0.3) is 0 Å². The van der Waals surface area contributed by atoms with Gasteiger partial charge in [0.25, 0.3) is 0 Å². The Bertz CT molecular complexity index is 541. The van der Waals surface area contributed by atoms with Crippen molar-refractivity contribution in [3.05, 3.63) is 12.7 Å². The number of carbonyl (C=O) groups is 1. The molecule has 0 heterocycles. The maximum absolute atomic E-state index is 12.0. The Morgan fingerprint density at radius 1 is 0.524 bits per heavy atom. The van der Waals surface area contributed by atoms with Gasteiger partial charge in [0.2, 0.25) is 0 Å². The molecule has 0 rings (SSSR count). The fourth-order valence-corrected chi connectivity index (χ4v) is 6.64. The molecule has 3 nitrogen and oxygen atoms in total. The Hall–Kier alpha value is -0.830. The number of nitrogens with zero attached hydrogens (tertiary/aromatic N) is 1. The van der Waals surface area contributed by atoms with Gasteiger partial charge in [-0.05, 0) is 33.6 Å². The van der Waals surface area contributed by atoms with Crippen LogP contribution in [0, 0.1) is 0 Å². The van der Waals surface area contributed by atoms with Gasteiger partial charge in [0, 0.05) is 18.2 Å². The highest BCUT2D eigenvalue weighted by atomic mass is 16.6. The highest BCUT2D eigenvalue weighted by molar-refractivity contribution is 5.81. The molecular weight excluding hydrogens is 514 g/mol. The van der Waals surface area contributed by atoms with Crippen LogP contribution in [0.15, 0.2) is 12.7 Å². The van der Waals surface area contributed by atoms with E-state index in [1.807, 2.05) is 6.92 Å². The third kappa shape index (κ3) is 25.6. The van der Waals surface area contributed by atoms with Crippen LogP contribution in [0.2, 0.25) is 0 Å². The zero-order chi connectivity index (χ0) is 31.1. The van der Waals surface area contributed by atoms with Gasteiger partial charge in [-0.2, -0.15) is 0 Å². The zero-order valence-electron chi connectivity index (χ0n) is 29.6. The normalized spacial score (nSPS) is 13.8. The molecule has 42 heavy (non-hydrogen) atoms. The number of hydrogen-bond acceptors (Lipinski definition) is 3. The molecule has 0 aliphatic carbocycles. The lowest BCUT2D eigenvalue weighted by atomic mass is 10.0. The highest BCUT2D eigenvalue weighted by Gasteiger charge is 2.27. The maximum Gasteiger partial charge on any atom is 0.331 e. The van der Waals surface area contributed by atoms with E-state index in [2.05, 4.69) is 39.2 Å². The van der Waals surface area contributed by atoms with Gasteiger partial charge in [0.1, 0.15) is 0 Å². The van der Waals surface area contributed by atoms with Crippen molar-refractivity contribution in [1.82, 2.24) is 4.90 Å². The lowest BCUT2D eigenvalue weighted by molar-refractivity contribution is -0.156. The van der Waals surface area contributed by atoms with E-state index in [-0.39, 0.29) is 12.2 Å². The van der Waals surface area contributed by atoms with Crippen molar-refractivity contribution in [2.75, 3.05) is 0 Å².